The van der Waals surface area contributed by atoms with Crippen molar-refractivity contribution in [2.24, 2.45) is 0 Å². The maximum Gasteiger partial charge on any atom is 0.133 e. The molecule has 0 unspecified atom stereocenters. The Bertz CT molecular complexity index is 590. The molecule has 0 radical (unpaired) electrons. The summed E-state index contributed by atoms with van der Waals surface area (Å²) in [6.07, 6.45) is 2.58. The van der Waals surface area contributed by atoms with Gasteiger partial charge in [0.05, 0.1) is 0 Å². The van der Waals surface area contributed by atoms with Gasteiger partial charge < -0.3 is 10.1 Å². The Balaban J connectivity index is 1.66. The van der Waals surface area contributed by atoms with Crippen LogP contribution >= 0.6 is 0 Å². The molecule has 1 saturated carbocycles. The third kappa shape index (κ3) is 3.36. The van der Waals surface area contributed by atoms with Crippen LogP contribution in [-0.2, 0) is 6.54 Å². The second kappa shape index (κ2) is 5.63. The highest BCUT2D eigenvalue weighted by Crippen LogP contribution is 2.26. The van der Waals surface area contributed by atoms with Gasteiger partial charge in [0, 0.05) is 18.7 Å². The number of ether oxygens (including phenoxy) is 1. The highest BCUT2D eigenvalue weighted by atomic mass is 19.1. The van der Waals surface area contributed by atoms with E-state index in [-0.39, 0.29) is 5.82 Å². The Kier molecular flexibility index (Phi) is 3.70. The lowest BCUT2D eigenvalue weighted by Crippen LogP contribution is -2.14. The van der Waals surface area contributed by atoms with Gasteiger partial charge in [-0.25, -0.2) is 4.39 Å². The first-order valence-electron chi connectivity index (χ1n) is 6.97. The fourth-order valence-corrected chi connectivity index (χ4v) is 2.04. The fourth-order valence-electron chi connectivity index (χ4n) is 2.04. The zero-order chi connectivity index (χ0) is 13.9. The molecule has 0 aliphatic heterocycles. The normalized spacial score (nSPS) is 14.3. The van der Waals surface area contributed by atoms with Crippen molar-refractivity contribution in [1.82, 2.24) is 5.32 Å². The van der Waals surface area contributed by atoms with Crippen LogP contribution in [0.4, 0.5) is 4.39 Å². The molecule has 0 amide bonds. The van der Waals surface area contributed by atoms with Crippen LogP contribution in [0.5, 0.6) is 11.5 Å². The zero-order valence-electron chi connectivity index (χ0n) is 11.5. The molecule has 1 N–H and O–H groups in total. The van der Waals surface area contributed by atoms with Crippen molar-refractivity contribution >= 4 is 0 Å². The van der Waals surface area contributed by atoms with Gasteiger partial charge in [-0.15, -0.1) is 0 Å². The molecule has 0 spiro atoms. The molecule has 0 bridgehead atoms. The first-order chi connectivity index (χ1) is 9.70. The minimum Gasteiger partial charge on any atom is -0.457 e. The predicted octanol–water partition coefficient (Wildman–Crippen LogP) is 4.18. The highest BCUT2D eigenvalue weighted by Gasteiger charge is 2.19. The summed E-state index contributed by atoms with van der Waals surface area (Å²) in [6.45, 7) is 2.80. The smallest absolute Gasteiger partial charge is 0.133 e. The number of aryl methyl sites for hydroxylation is 1. The van der Waals surface area contributed by atoms with Gasteiger partial charge in [0.25, 0.3) is 0 Å². The second-order valence-electron chi connectivity index (χ2n) is 5.31. The number of hydrogen-bond acceptors (Lipinski definition) is 2. The standard InChI is InChI=1S/C17H18FNO/c1-12-2-5-14(18)10-17(12)20-16-8-3-13(4-9-16)11-19-15-6-7-15/h2-5,8-10,15,19H,6-7,11H2,1H3. The minimum atomic E-state index is -0.282. The molecule has 2 aromatic carbocycles. The van der Waals surface area contributed by atoms with Crippen LogP contribution in [0.2, 0.25) is 0 Å². The van der Waals surface area contributed by atoms with E-state index in [0.29, 0.717) is 11.8 Å². The van der Waals surface area contributed by atoms with Gasteiger partial charge in [0.15, 0.2) is 0 Å². The second-order valence-corrected chi connectivity index (χ2v) is 5.31. The van der Waals surface area contributed by atoms with Gasteiger partial charge >= 0.3 is 0 Å². The van der Waals surface area contributed by atoms with E-state index in [0.717, 1.165) is 17.9 Å². The van der Waals surface area contributed by atoms with Crippen molar-refractivity contribution in [1.29, 1.82) is 0 Å². The van der Waals surface area contributed by atoms with Crippen molar-refractivity contribution in [2.75, 3.05) is 0 Å². The molecule has 104 valence electrons. The Morgan fingerprint density at radius 3 is 2.60 bits per heavy atom. The quantitative estimate of drug-likeness (QED) is 0.881. The van der Waals surface area contributed by atoms with Crippen LogP contribution in [0.1, 0.15) is 24.0 Å². The van der Waals surface area contributed by atoms with E-state index in [1.807, 2.05) is 31.2 Å². The molecule has 1 fully saturated rings. The maximum atomic E-state index is 13.2. The summed E-state index contributed by atoms with van der Waals surface area (Å²) in [4.78, 5) is 0. The third-order valence-electron chi connectivity index (χ3n) is 3.47. The summed E-state index contributed by atoms with van der Waals surface area (Å²) < 4.78 is 18.9. The molecule has 20 heavy (non-hydrogen) atoms. The summed E-state index contributed by atoms with van der Waals surface area (Å²) in [5.41, 5.74) is 2.16. The van der Waals surface area contributed by atoms with Gasteiger partial charge in [-0.2, -0.15) is 0 Å². The lowest BCUT2D eigenvalue weighted by Gasteiger charge is -2.09. The third-order valence-corrected chi connectivity index (χ3v) is 3.47. The molecular formula is C17H18FNO. The molecule has 0 heterocycles. The van der Waals surface area contributed by atoms with E-state index in [9.17, 15) is 4.39 Å². The lowest BCUT2D eigenvalue weighted by atomic mass is 10.2. The SMILES string of the molecule is Cc1ccc(F)cc1Oc1ccc(CNC2CC2)cc1. The van der Waals surface area contributed by atoms with E-state index in [4.69, 9.17) is 4.74 Å². The minimum absolute atomic E-state index is 0.282. The Morgan fingerprint density at radius 2 is 1.90 bits per heavy atom. The monoisotopic (exact) mass is 271 g/mol. The van der Waals surface area contributed by atoms with Crippen molar-refractivity contribution in [2.45, 2.75) is 32.4 Å². The molecule has 3 rings (SSSR count). The number of halogens is 1. The summed E-state index contributed by atoms with van der Waals surface area (Å²) >= 11 is 0. The summed E-state index contributed by atoms with van der Waals surface area (Å²) in [5.74, 6) is 1.01. The molecule has 1 aliphatic rings. The van der Waals surface area contributed by atoms with Gasteiger partial charge in [-0.05, 0) is 49.1 Å². The Morgan fingerprint density at radius 1 is 1.15 bits per heavy atom. The number of rotatable bonds is 5. The molecule has 1 aliphatic carbocycles. The number of nitrogens with one attached hydrogen (secondary N) is 1. The molecule has 0 atom stereocenters. The van der Waals surface area contributed by atoms with Crippen LogP contribution in [0.25, 0.3) is 0 Å². The fraction of sp³-hybridized carbons (Fsp3) is 0.294. The van der Waals surface area contributed by atoms with E-state index in [2.05, 4.69) is 5.32 Å². The highest BCUT2D eigenvalue weighted by molar-refractivity contribution is 5.38. The first kappa shape index (κ1) is 13.1. The van der Waals surface area contributed by atoms with Crippen LogP contribution in [0.15, 0.2) is 42.5 Å². The van der Waals surface area contributed by atoms with Crippen molar-refractivity contribution in [3.8, 4) is 11.5 Å². The lowest BCUT2D eigenvalue weighted by molar-refractivity contribution is 0.472. The van der Waals surface area contributed by atoms with Crippen molar-refractivity contribution in [3.63, 3.8) is 0 Å². The van der Waals surface area contributed by atoms with E-state index in [1.54, 1.807) is 6.07 Å². The maximum absolute atomic E-state index is 13.2. The molecule has 0 aromatic heterocycles. The van der Waals surface area contributed by atoms with E-state index in [1.165, 1.54) is 30.5 Å². The molecule has 3 heteroatoms. The molecular weight excluding hydrogens is 253 g/mol. The summed E-state index contributed by atoms with van der Waals surface area (Å²) in [7, 11) is 0. The first-order valence-corrected chi connectivity index (χ1v) is 6.97. The van der Waals surface area contributed by atoms with Crippen molar-refractivity contribution < 1.29 is 9.13 Å². The largest absolute Gasteiger partial charge is 0.457 e. The Labute approximate surface area is 118 Å². The summed E-state index contributed by atoms with van der Waals surface area (Å²) in [5, 5.41) is 3.47. The number of hydrogen-bond donors (Lipinski definition) is 1. The van der Waals surface area contributed by atoms with Gasteiger partial charge in [0.2, 0.25) is 0 Å². The van der Waals surface area contributed by atoms with Crippen molar-refractivity contribution in [3.05, 3.63) is 59.4 Å². The van der Waals surface area contributed by atoms with E-state index >= 15 is 0 Å². The van der Waals surface area contributed by atoms with Crippen LogP contribution in [0.3, 0.4) is 0 Å². The van der Waals surface area contributed by atoms with Crippen LogP contribution in [-0.4, -0.2) is 6.04 Å². The average Bonchev–Trinajstić information content (AvgIpc) is 3.26. The van der Waals surface area contributed by atoms with Crippen LogP contribution < -0.4 is 10.1 Å². The van der Waals surface area contributed by atoms with Gasteiger partial charge in [-0.1, -0.05) is 18.2 Å². The van der Waals surface area contributed by atoms with Gasteiger partial charge in [-0.3, -0.25) is 0 Å². The average molecular weight is 271 g/mol. The number of benzene rings is 2. The zero-order valence-corrected chi connectivity index (χ0v) is 11.5. The topological polar surface area (TPSA) is 21.3 Å². The molecule has 0 saturated heterocycles. The molecule has 2 aromatic rings. The Hall–Kier alpha value is -1.87. The van der Waals surface area contributed by atoms with Crippen LogP contribution in [0, 0.1) is 12.7 Å². The molecule has 2 nitrogen and oxygen atoms in total. The summed E-state index contributed by atoms with van der Waals surface area (Å²) in [6, 6.07) is 13.2. The predicted molar refractivity (Wildman–Crippen MR) is 77.5 cm³/mol. The van der Waals surface area contributed by atoms with Gasteiger partial charge in [0.1, 0.15) is 17.3 Å². The van der Waals surface area contributed by atoms with E-state index < -0.39 is 0 Å².